The summed E-state index contributed by atoms with van der Waals surface area (Å²) in [7, 11) is 0. The van der Waals surface area contributed by atoms with E-state index in [-0.39, 0.29) is 17.9 Å². The molecule has 0 radical (unpaired) electrons. The zero-order chi connectivity index (χ0) is 10.8. The highest BCUT2D eigenvalue weighted by atomic mass is 16.1. The molecule has 1 amide bonds. The van der Waals surface area contributed by atoms with E-state index in [0.29, 0.717) is 5.41 Å². The van der Waals surface area contributed by atoms with Crippen molar-refractivity contribution in [3.8, 4) is 0 Å². The van der Waals surface area contributed by atoms with Crippen molar-refractivity contribution in [1.82, 2.24) is 5.32 Å². The Balaban J connectivity index is 2.10. The third-order valence-electron chi connectivity index (χ3n) is 2.72. The Morgan fingerprint density at radius 2 is 2.00 bits per heavy atom. The van der Waals surface area contributed by atoms with Crippen molar-refractivity contribution in [1.29, 1.82) is 0 Å². The van der Waals surface area contributed by atoms with E-state index in [2.05, 4.69) is 26.1 Å². The summed E-state index contributed by atoms with van der Waals surface area (Å²) in [5, 5.41) is 2.97. The van der Waals surface area contributed by atoms with Crippen LogP contribution in [0, 0.1) is 11.3 Å². The zero-order valence-corrected chi connectivity index (χ0v) is 9.47. The van der Waals surface area contributed by atoms with Crippen molar-refractivity contribution in [3.05, 3.63) is 0 Å². The molecule has 1 rings (SSSR count). The van der Waals surface area contributed by atoms with Gasteiger partial charge in [0.15, 0.2) is 0 Å². The van der Waals surface area contributed by atoms with E-state index < -0.39 is 0 Å². The van der Waals surface area contributed by atoms with Crippen LogP contribution in [0.25, 0.3) is 0 Å². The minimum atomic E-state index is 0.185. The van der Waals surface area contributed by atoms with E-state index in [1.807, 2.05) is 0 Å². The van der Waals surface area contributed by atoms with Crippen LogP contribution in [0.1, 0.15) is 40.0 Å². The summed E-state index contributed by atoms with van der Waals surface area (Å²) in [5.74, 6) is 0.376. The Labute approximate surface area is 86.4 Å². The van der Waals surface area contributed by atoms with Crippen LogP contribution in [0.15, 0.2) is 0 Å². The van der Waals surface area contributed by atoms with Crippen LogP contribution < -0.4 is 11.1 Å². The second-order valence-corrected chi connectivity index (χ2v) is 5.53. The number of amides is 1. The molecule has 0 bridgehead atoms. The predicted molar refractivity (Wildman–Crippen MR) is 57.8 cm³/mol. The molecule has 1 saturated carbocycles. The molecule has 0 atom stereocenters. The second-order valence-electron chi connectivity index (χ2n) is 5.53. The molecule has 0 aromatic heterocycles. The number of nitrogens with one attached hydrogen (secondary N) is 1. The van der Waals surface area contributed by atoms with Crippen molar-refractivity contribution in [2.75, 3.05) is 6.54 Å². The summed E-state index contributed by atoms with van der Waals surface area (Å²) in [6, 6.07) is 0.258. The molecule has 0 aromatic rings. The van der Waals surface area contributed by atoms with Gasteiger partial charge in [0.25, 0.3) is 0 Å². The Bertz CT molecular complexity index is 202. The Kier molecular flexibility index (Phi) is 3.53. The largest absolute Gasteiger partial charge is 0.356 e. The Hall–Kier alpha value is -0.570. The highest BCUT2D eigenvalue weighted by molar-refractivity contribution is 5.79. The highest BCUT2D eigenvalue weighted by Crippen LogP contribution is 2.25. The molecule has 82 valence electrons. The van der Waals surface area contributed by atoms with Gasteiger partial charge in [-0.3, -0.25) is 4.79 Å². The van der Waals surface area contributed by atoms with Crippen molar-refractivity contribution in [2.45, 2.75) is 46.1 Å². The van der Waals surface area contributed by atoms with Gasteiger partial charge in [-0.15, -0.1) is 0 Å². The molecule has 3 heteroatoms. The van der Waals surface area contributed by atoms with Crippen LogP contribution in [0.2, 0.25) is 0 Å². The van der Waals surface area contributed by atoms with E-state index in [9.17, 15) is 4.79 Å². The van der Waals surface area contributed by atoms with E-state index in [4.69, 9.17) is 5.73 Å². The van der Waals surface area contributed by atoms with Crippen LogP contribution in [0.3, 0.4) is 0 Å². The highest BCUT2D eigenvalue weighted by Gasteiger charge is 2.31. The molecule has 1 fully saturated rings. The summed E-state index contributed by atoms with van der Waals surface area (Å²) >= 11 is 0. The summed E-state index contributed by atoms with van der Waals surface area (Å²) in [6.07, 6.45) is 2.75. The summed E-state index contributed by atoms with van der Waals surface area (Å²) in [6.45, 7) is 7.32. The summed E-state index contributed by atoms with van der Waals surface area (Å²) in [5.41, 5.74) is 5.92. The number of rotatable bonds is 3. The lowest BCUT2D eigenvalue weighted by Crippen LogP contribution is -2.45. The fraction of sp³-hybridized carbons (Fsp3) is 0.909. The van der Waals surface area contributed by atoms with Crippen molar-refractivity contribution >= 4 is 5.91 Å². The van der Waals surface area contributed by atoms with Crippen LogP contribution in [0.4, 0.5) is 0 Å². The SMILES string of the molecule is CC(C)(C)CCNC(=O)C1CC(N)C1. The van der Waals surface area contributed by atoms with Gasteiger partial charge in [0.2, 0.25) is 5.91 Å². The fourth-order valence-electron chi connectivity index (χ4n) is 1.58. The van der Waals surface area contributed by atoms with E-state index in [1.54, 1.807) is 0 Å². The maximum atomic E-state index is 11.5. The van der Waals surface area contributed by atoms with E-state index in [0.717, 1.165) is 25.8 Å². The Morgan fingerprint density at radius 1 is 1.43 bits per heavy atom. The third-order valence-corrected chi connectivity index (χ3v) is 2.72. The molecule has 0 spiro atoms. The smallest absolute Gasteiger partial charge is 0.223 e. The van der Waals surface area contributed by atoms with Gasteiger partial charge in [-0.2, -0.15) is 0 Å². The number of hydrogen-bond donors (Lipinski definition) is 2. The van der Waals surface area contributed by atoms with Gasteiger partial charge >= 0.3 is 0 Å². The van der Waals surface area contributed by atoms with Gasteiger partial charge in [-0.1, -0.05) is 20.8 Å². The molecule has 0 saturated heterocycles. The molecule has 3 N–H and O–H groups in total. The quantitative estimate of drug-likeness (QED) is 0.717. The van der Waals surface area contributed by atoms with E-state index >= 15 is 0 Å². The fourth-order valence-corrected chi connectivity index (χ4v) is 1.58. The predicted octanol–water partition coefficient (Wildman–Crippen LogP) is 1.28. The molecule has 0 aromatic carbocycles. The van der Waals surface area contributed by atoms with Crippen LogP contribution in [0.5, 0.6) is 0 Å². The lowest BCUT2D eigenvalue weighted by Gasteiger charge is -2.31. The molecule has 1 aliphatic rings. The average molecular weight is 198 g/mol. The normalized spacial score (nSPS) is 26.9. The molecule has 0 heterocycles. The van der Waals surface area contributed by atoms with Gasteiger partial charge in [-0.25, -0.2) is 0 Å². The van der Waals surface area contributed by atoms with Crippen LogP contribution in [-0.4, -0.2) is 18.5 Å². The minimum absolute atomic E-state index is 0.185. The zero-order valence-electron chi connectivity index (χ0n) is 9.47. The van der Waals surface area contributed by atoms with E-state index in [1.165, 1.54) is 0 Å². The van der Waals surface area contributed by atoms with Crippen molar-refractivity contribution in [2.24, 2.45) is 17.1 Å². The molecule has 0 aliphatic heterocycles. The Morgan fingerprint density at radius 3 is 2.43 bits per heavy atom. The van der Waals surface area contributed by atoms with Crippen molar-refractivity contribution in [3.63, 3.8) is 0 Å². The molecular formula is C11H22N2O. The van der Waals surface area contributed by atoms with Gasteiger partial charge in [0.1, 0.15) is 0 Å². The lowest BCUT2D eigenvalue weighted by atomic mass is 9.80. The van der Waals surface area contributed by atoms with Crippen LogP contribution in [-0.2, 0) is 4.79 Å². The van der Waals surface area contributed by atoms with Gasteiger partial charge in [-0.05, 0) is 24.7 Å². The number of hydrogen-bond acceptors (Lipinski definition) is 2. The summed E-state index contributed by atoms with van der Waals surface area (Å²) < 4.78 is 0. The molecule has 14 heavy (non-hydrogen) atoms. The first-order valence-electron chi connectivity index (χ1n) is 5.42. The number of carbonyl (C=O) groups is 1. The lowest BCUT2D eigenvalue weighted by molar-refractivity contribution is -0.127. The topological polar surface area (TPSA) is 55.1 Å². The van der Waals surface area contributed by atoms with Gasteiger partial charge in [0.05, 0.1) is 0 Å². The molecular weight excluding hydrogens is 176 g/mol. The molecule has 1 aliphatic carbocycles. The third kappa shape index (κ3) is 3.66. The first-order valence-corrected chi connectivity index (χ1v) is 5.42. The van der Waals surface area contributed by atoms with Crippen LogP contribution >= 0.6 is 0 Å². The van der Waals surface area contributed by atoms with Crippen molar-refractivity contribution < 1.29 is 4.79 Å². The number of carbonyl (C=O) groups excluding carboxylic acids is 1. The maximum absolute atomic E-state index is 11.5. The number of nitrogens with two attached hydrogens (primary N) is 1. The minimum Gasteiger partial charge on any atom is -0.356 e. The first-order chi connectivity index (χ1) is 6.38. The first kappa shape index (κ1) is 11.5. The van der Waals surface area contributed by atoms with Gasteiger partial charge in [0, 0.05) is 18.5 Å². The molecule has 0 unspecified atom stereocenters. The average Bonchev–Trinajstić information content (AvgIpc) is 1.96. The monoisotopic (exact) mass is 198 g/mol. The molecule has 3 nitrogen and oxygen atoms in total. The second kappa shape index (κ2) is 4.30. The van der Waals surface area contributed by atoms with Gasteiger partial charge < -0.3 is 11.1 Å². The maximum Gasteiger partial charge on any atom is 0.223 e. The summed E-state index contributed by atoms with van der Waals surface area (Å²) in [4.78, 5) is 11.5. The standard InChI is InChI=1S/C11H22N2O/c1-11(2,3)4-5-13-10(14)8-6-9(12)7-8/h8-9H,4-7,12H2,1-3H3,(H,13,14).